The third-order valence-electron chi connectivity index (χ3n) is 8.01. The second-order valence-electron chi connectivity index (χ2n) is 11.1. The summed E-state index contributed by atoms with van der Waals surface area (Å²) in [7, 11) is 2.30. The first-order valence-electron chi connectivity index (χ1n) is 15.5. The van der Waals surface area contributed by atoms with Crippen molar-refractivity contribution in [3.8, 4) is 0 Å². The first-order valence-corrected chi connectivity index (χ1v) is 15.5. The van der Waals surface area contributed by atoms with Crippen LogP contribution >= 0.6 is 0 Å². The smallest absolute Gasteiger partial charge is 0.00188 e. The summed E-state index contributed by atoms with van der Waals surface area (Å²) < 4.78 is 0. The number of aryl methyl sites for hydroxylation is 2. The molecule has 0 fully saturated rings. The molecule has 0 heterocycles. The van der Waals surface area contributed by atoms with E-state index in [0.717, 1.165) is 31.7 Å². The van der Waals surface area contributed by atoms with Crippen molar-refractivity contribution in [3.05, 3.63) is 70.8 Å². The molecule has 0 N–H and O–H groups in total. The van der Waals surface area contributed by atoms with Gasteiger partial charge in [-0.3, -0.25) is 0 Å². The number of nitrogens with zero attached hydrogens (tertiary/aromatic N) is 1. The number of likely N-dealkylation sites (N-methyl/N-ethyl adjacent to an activating group) is 1. The molecule has 0 amide bonds. The molecule has 0 bridgehead atoms. The lowest BCUT2D eigenvalue weighted by atomic mass is 9.88. The van der Waals surface area contributed by atoms with Gasteiger partial charge in [0.15, 0.2) is 0 Å². The Kier molecular flexibility index (Phi) is 16.6. The van der Waals surface area contributed by atoms with Gasteiger partial charge < -0.3 is 4.90 Å². The van der Waals surface area contributed by atoms with Crippen LogP contribution in [-0.2, 0) is 19.3 Å². The molecule has 36 heavy (non-hydrogen) atoms. The van der Waals surface area contributed by atoms with Crippen molar-refractivity contribution in [2.45, 2.75) is 129 Å². The summed E-state index contributed by atoms with van der Waals surface area (Å²) in [5, 5.41) is 0. The van der Waals surface area contributed by atoms with Crippen molar-refractivity contribution in [2.24, 2.45) is 0 Å². The maximum Gasteiger partial charge on any atom is 0.00188 e. The maximum absolute atomic E-state index is 2.54. The fourth-order valence-electron chi connectivity index (χ4n) is 5.47. The van der Waals surface area contributed by atoms with Gasteiger partial charge in [-0.15, -0.1) is 0 Å². The molecule has 2 aromatic carbocycles. The summed E-state index contributed by atoms with van der Waals surface area (Å²) in [6.07, 6.45) is 21.6. The standard InChI is InChI=1S/C35H57N/c1-5-8-9-10-11-12-13-14-15-16-23-34(35-24-18-21-32(7-3)30-35)25-19-27-36(4)28-26-33-22-17-20-31(6-2)29-33/h17-18,20-22,24,29-30,34H,5-16,19,23,25-28H2,1-4H3. The van der Waals surface area contributed by atoms with E-state index in [0.29, 0.717) is 0 Å². The Balaban J connectivity index is 1.73. The lowest BCUT2D eigenvalue weighted by molar-refractivity contribution is 0.322. The highest BCUT2D eigenvalue weighted by molar-refractivity contribution is 5.26. The molecule has 2 aromatic rings. The highest BCUT2D eigenvalue weighted by Crippen LogP contribution is 2.28. The number of hydrogen-bond acceptors (Lipinski definition) is 1. The molecule has 0 spiro atoms. The number of benzene rings is 2. The largest absolute Gasteiger partial charge is 0.306 e. The highest BCUT2D eigenvalue weighted by atomic mass is 15.1. The molecule has 1 unspecified atom stereocenters. The molecule has 0 saturated carbocycles. The summed E-state index contributed by atoms with van der Waals surface area (Å²) in [6.45, 7) is 9.18. The Morgan fingerprint density at radius 1 is 0.583 bits per heavy atom. The van der Waals surface area contributed by atoms with Gasteiger partial charge in [-0.2, -0.15) is 0 Å². The lowest BCUT2D eigenvalue weighted by Gasteiger charge is -2.21. The molecule has 0 aliphatic heterocycles. The quantitative estimate of drug-likeness (QED) is 0.157. The van der Waals surface area contributed by atoms with E-state index in [-0.39, 0.29) is 0 Å². The summed E-state index contributed by atoms with van der Waals surface area (Å²) >= 11 is 0. The van der Waals surface area contributed by atoms with Crippen molar-refractivity contribution in [1.82, 2.24) is 4.90 Å². The summed E-state index contributed by atoms with van der Waals surface area (Å²) in [5.74, 6) is 0.722. The van der Waals surface area contributed by atoms with Crippen LogP contribution in [0.2, 0.25) is 0 Å². The van der Waals surface area contributed by atoms with Gasteiger partial charge in [-0.25, -0.2) is 0 Å². The number of rotatable bonds is 21. The number of hydrogen-bond donors (Lipinski definition) is 0. The van der Waals surface area contributed by atoms with Crippen LogP contribution in [0.25, 0.3) is 0 Å². The van der Waals surface area contributed by atoms with E-state index < -0.39 is 0 Å². The minimum absolute atomic E-state index is 0.722. The second kappa shape index (κ2) is 19.5. The van der Waals surface area contributed by atoms with Crippen LogP contribution in [0.4, 0.5) is 0 Å². The van der Waals surface area contributed by atoms with E-state index in [1.807, 2.05) is 0 Å². The zero-order chi connectivity index (χ0) is 25.8. The molecule has 0 aliphatic rings. The topological polar surface area (TPSA) is 3.24 Å². The van der Waals surface area contributed by atoms with E-state index in [4.69, 9.17) is 0 Å². The molecule has 1 atom stereocenters. The van der Waals surface area contributed by atoms with Crippen LogP contribution in [-0.4, -0.2) is 25.0 Å². The average Bonchev–Trinajstić information content (AvgIpc) is 2.92. The highest BCUT2D eigenvalue weighted by Gasteiger charge is 2.13. The van der Waals surface area contributed by atoms with Crippen molar-refractivity contribution < 1.29 is 0 Å². The first-order chi connectivity index (χ1) is 17.7. The van der Waals surface area contributed by atoms with Crippen LogP contribution < -0.4 is 0 Å². The van der Waals surface area contributed by atoms with Gasteiger partial charge >= 0.3 is 0 Å². The average molecular weight is 492 g/mol. The molecule has 0 aliphatic carbocycles. The second-order valence-corrected chi connectivity index (χ2v) is 11.1. The van der Waals surface area contributed by atoms with Crippen LogP contribution in [0.1, 0.15) is 132 Å². The molecule has 0 aromatic heterocycles. The van der Waals surface area contributed by atoms with Gasteiger partial charge in [0.05, 0.1) is 0 Å². The Morgan fingerprint density at radius 3 is 1.81 bits per heavy atom. The lowest BCUT2D eigenvalue weighted by Crippen LogP contribution is -2.23. The molecule has 1 heteroatoms. The molecular weight excluding hydrogens is 434 g/mol. The predicted molar refractivity (Wildman–Crippen MR) is 161 cm³/mol. The minimum Gasteiger partial charge on any atom is -0.306 e. The fraction of sp³-hybridized carbons (Fsp3) is 0.657. The van der Waals surface area contributed by atoms with E-state index in [1.54, 1.807) is 5.56 Å². The van der Waals surface area contributed by atoms with E-state index in [9.17, 15) is 0 Å². The Hall–Kier alpha value is -1.60. The zero-order valence-corrected chi connectivity index (χ0v) is 24.4. The van der Waals surface area contributed by atoms with Gasteiger partial charge in [-0.05, 0) is 80.3 Å². The van der Waals surface area contributed by atoms with Crippen LogP contribution in [0, 0.1) is 0 Å². The van der Waals surface area contributed by atoms with Crippen LogP contribution in [0.3, 0.4) is 0 Å². The third-order valence-corrected chi connectivity index (χ3v) is 8.01. The molecule has 0 saturated heterocycles. The maximum atomic E-state index is 2.54. The van der Waals surface area contributed by atoms with E-state index >= 15 is 0 Å². The van der Waals surface area contributed by atoms with Gasteiger partial charge in [-0.1, -0.05) is 134 Å². The summed E-state index contributed by atoms with van der Waals surface area (Å²) in [6, 6.07) is 18.6. The fourth-order valence-corrected chi connectivity index (χ4v) is 5.47. The first kappa shape index (κ1) is 30.6. The molecule has 0 radical (unpaired) electrons. The van der Waals surface area contributed by atoms with Crippen molar-refractivity contribution in [1.29, 1.82) is 0 Å². The van der Waals surface area contributed by atoms with E-state index in [1.165, 1.54) is 107 Å². The zero-order valence-electron chi connectivity index (χ0n) is 24.4. The molecule has 202 valence electrons. The molecule has 2 rings (SSSR count). The van der Waals surface area contributed by atoms with Crippen LogP contribution in [0.15, 0.2) is 48.5 Å². The predicted octanol–water partition coefficient (Wildman–Crippen LogP) is 10.2. The Morgan fingerprint density at radius 2 is 1.14 bits per heavy atom. The van der Waals surface area contributed by atoms with Crippen molar-refractivity contribution >= 4 is 0 Å². The van der Waals surface area contributed by atoms with Crippen LogP contribution in [0.5, 0.6) is 0 Å². The SMILES string of the molecule is CCCCCCCCCCCCC(CCCN(C)CCc1cccc(CC)c1)c1cccc(CC)c1. The summed E-state index contributed by atoms with van der Waals surface area (Å²) in [5.41, 5.74) is 6.02. The molecule has 1 nitrogen and oxygen atoms in total. The minimum atomic E-state index is 0.722. The number of unbranched alkanes of at least 4 members (excludes halogenated alkanes) is 9. The van der Waals surface area contributed by atoms with Gasteiger partial charge in [0, 0.05) is 6.54 Å². The Labute approximate surface area is 225 Å². The normalized spacial score (nSPS) is 12.4. The van der Waals surface area contributed by atoms with Gasteiger partial charge in [0.2, 0.25) is 0 Å². The third kappa shape index (κ3) is 13.1. The van der Waals surface area contributed by atoms with Crippen molar-refractivity contribution in [2.75, 3.05) is 20.1 Å². The van der Waals surface area contributed by atoms with Gasteiger partial charge in [0.1, 0.15) is 0 Å². The summed E-state index contributed by atoms with van der Waals surface area (Å²) in [4.78, 5) is 2.54. The van der Waals surface area contributed by atoms with E-state index in [2.05, 4.69) is 81.2 Å². The Bertz CT molecular complexity index is 795. The van der Waals surface area contributed by atoms with Crippen molar-refractivity contribution in [3.63, 3.8) is 0 Å². The monoisotopic (exact) mass is 491 g/mol. The molecular formula is C35H57N. The van der Waals surface area contributed by atoms with Gasteiger partial charge in [0.25, 0.3) is 0 Å².